The number of hydrogen-bond donors (Lipinski definition) is 2. The number of aliphatic hydroxyl groups is 2. The molecule has 0 saturated carbocycles. The average Bonchev–Trinajstić information content (AvgIpc) is 2.62. The van der Waals surface area contributed by atoms with Crippen molar-refractivity contribution in [2.45, 2.75) is 13.0 Å². The number of ether oxygens (including phenoxy) is 1. The van der Waals surface area contributed by atoms with Crippen LogP contribution in [0.15, 0.2) is 57.5 Å². The molecule has 0 aliphatic carbocycles. The summed E-state index contributed by atoms with van der Waals surface area (Å²) in [6.07, 6.45) is -0.761. The Labute approximate surface area is 201 Å². The van der Waals surface area contributed by atoms with E-state index in [9.17, 15) is 9.59 Å². The Morgan fingerprint density at radius 2 is 1.48 bits per heavy atom. The number of aliphatic hydroxyl groups excluding tert-OH is 2. The molecule has 0 aromatic heterocycles. The van der Waals surface area contributed by atoms with Crippen LogP contribution < -0.4 is 29.6 Å². The molecule has 1 atom stereocenters. The van der Waals surface area contributed by atoms with Crippen molar-refractivity contribution in [3.05, 3.63) is 68.6 Å². The molecule has 139 valence electrons. The third-order valence-corrected chi connectivity index (χ3v) is 4.05. The van der Waals surface area contributed by atoms with E-state index in [-0.39, 0.29) is 52.6 Å². The summed E-state index contributed by atoms with van der Waals surface area (Å²) in [6.45, 7) is 1.63. The predicted molar refractivity (Wildman–Crippen MR) is 108 cm³/mol. The molecule has 9 heteroatoms. The van der Waals surface area contributed by atoms with Crippen LogP contribution in [0, 0.1) is 0 Å². The Hall–Kier alpha value is -0.475. The fourth-order valence-electron chi connectivity index (χ4n) is 1.71. The van der Waals surface area contributed by atoms with Crippen molar-refractivity contribution >= 4 is 52.0 Å². The van der Waals surface area contributed by atoms with Crippen LogP contribution in [-0.2, 0) is 9.53 Å². The SMILES string of the molecule is CCOC(=O)C(=O)c1ccc(Br)cc1.OCC(O)c1ccc(Br)cc1.[B].[H-].[Na+]. The molecule has 3 radical (unpaired) electrons. The quantitative estimate of drug-likeness (QED) is 0.264. The first kappa shape index (κ1) is 28.7. The molecule has 1 unspecified atom stereocenters. The van der Waals surface area contributed by atoms with Gasteiger partial charge in [-0.3, -0.25) is 4.79 Å². The van der Waals surface area contributed by atoms with E-state index < -0.39 is 17.9 Å². The molecular weight excluding hydrogens is 490 g/mol. The summed E-state index contributed by atoms with van der Waals surface area (Å²) in [4.78, 5) is 22.4. The summed E-state index contributed by atoms with van der Waals surface area (Å²) in [6, 6.07) is 13.7. The number of carbonyl (C=O) groups is 2. The van der Waals surface area contributed by atoms with Crippen LogP contribution in [0.5, 0.6) is 0 Å². The molecule has 0 amide bonds. The monoisotopic (exact) mass is 507 g/mol. The normalized spacial score (nSPS) is 10.3. The van der Waals surface area contributed by atoms with Crippen LogP contribution in [0.2, 0.25) is 0 Å². The Morgan fingerprint density at radius 1 is 1.04 bits per heavy atom. The van der Waals surface area contributed by atoms with Gasteiger partial charge in [0.05, 0.1) is 13.2 Å². The fraction of sp³-hybridized carbons (Fsp3) is 0.222. The molecule has 2 N–H and O–H groups in total. The number of benzene rings is 2. The zero-order valence-electron chi connectivity index (χ0n) is 16.1. The molecule has 2 aromatic rings. The molecule has 27 heavy (non-hydrogen) atoms. The maximum absolute atomic E-state index is 11.4. The van der Waals surface area contributed by atoms with E-state index in [0.29, 0.717) is 5.56 Å². The van der Waals surface area contributed by atoms with Crippen molar-refractivity contribution in [1.29, 1.82) is 0 Å². The second-order valence-corrected chi connectivity index (χ2v) is 6.64. The Bertz CT molecular complexity index is 702. The minimum absolute atomic E-state index is 0. The van der Waals surface area contributed by atoms with E-state index in [0.717, 1.165) is 14.5 Å². The molecule has 2 aromatic carbocycles. The fourth-order valence-corrected chi connectivity index (χ4v) is 2.23. The second-order valence-electron chi connectivity index (χ2n) is 4.81. The summed E-state index contributed by atoms with van der Waals surface area (Å²) in [7, 11) is 0. The first-order chi connectivity index (χ1) is 11.9. The van der Waals surface area contributed by atoms with Gasteiger partial charge < -0.3 is 16.4 Å². The molecule has 0 fully saturated rings. The number of halogens is 2. The van der Waals surface area contributed by atoms with Gasteiger partial charge in [0.2, 0.25) is 0 Å². The smallest absolute Gasteiger partial charge is 1.00 e. The van der Waals surface area contributed by atoms with Gasteiger partial charge in [0, 0.05) is 22.9 Å². The molecular formula is C18H19BBr2NaO5. The van der Waals surface area contributed by atoms with Crippen molar-refractivity contribution in [2.24, 2.45) is 0 Å². The summed E-state index contributed by atoms with van der Waals surface area (Å²) >= 11 is 6.51. The van der Waals surface area contributed by atoms with Crippen LogP contribution in [0.3, 0.4) is 0 Å². The first-order valence-corrected chi connectivity index (χ1v) is 8.99. The standard InChI is InChI=1S/C10H9BrO3.C8H9BrO2.B.Na.H/c1-2-14-10(13)9(12)7-3-5-8(11)6-4-7;9-7-3-1-6(2-4-7)8(11)5-10;;;/h3-6H,2H2,1H3;1-4,8,10-11H,5H2;;;/q;;;+1;-1. The van der Waals surface area contributed by atoms with Crippen LogP contribution in [0.1, 0.15) is 30.4 Å². The van der Waals surface area contributed by atoms with Gasteiger partial charge in [0.25, 0.3) is 5.78 Å². The zero-order valence-corrected chi connectivity index (χ0v) is 20.2. The van der Waals surface area contributed by atoms with Crippen molar-refractivity contribution in [1.82, 2.24) is 0 Å². The number of rotatable bonds is 5. The van der Waals surface area contributed by atoms with E-state index in [4.69, 9.17) is 10.2 Å². The van der Waals surface area contributed by atoms with Gasteiger partial charge in [-0.15, -0.1) is 0 Å². The Kier molecular flexibility index (Phi) is 16.4. The van der Waals surface area contributed by atoms with Crippen molar-refractivity contribution in [3.63, 3.8) is 0 Å². The van der Waals surface area contributed by atoms with E-state index in [1.807, 2.05) is 12.1 Å². The van der Waals surface area contributed by atoms with Gasteiger partial charge in [-0.05, 0) is 48.9 Å². The molecule has 5 nitrogen and oxygen atoms in total. The van der Waals surface area contributed by atoms with Crippen LogP contribution in [-0.4, -0.2) is 43.6 Å². The van der Waals surface area contributed by atoms with Gasteiger partial charge in [0.15, 0.2) is 0 Å². The van der Waals surface area contributed by atoms with Gasteiger partial charge in [0.1, 0.15) is 6.10 Å². The van der Waals surface area contributed by atoms with Crippen LogP contribution >= 0.6 is 31.9 Å². The Morgan fingerprint density at radius 3 is 1.89 bits per heavy atom. The number of Topliss-reactive ketones (excluding diaryl/α,β-unsaturated/α-hetero) is 1. The van der Waals surface area contributed by atoms with Crippen LogP contribution in [0.4, 0.5) is 0 Å². The van der Waals surface area contributed by atoms with Crippen molar-refractivity contribution in [3.8, 4) is 0 Å². The van der Waals surface area contributed by atoms with E-state index in [1.54, 1.807) is 43.3 Å². The molecule has 0 saturated heterocycles. The first-order valence-electron chi connectivity index (χ1n) is 7.40. The number of ketones is 1. The molecule has 0 aliphatic heterocycles. The number of esters is 1. The molecule has 0 spiro atoms. The molecule has 0 bridgehead atoms. The van der Waals surface area contributed by atoms with Crippen molar-refractivity contribution in [2.75, 3.05) is 13.2 Å². The topological polar surface area (TPSA) is 83.8 Å². The van der Waals surface area contributed by atoms with Crippen molar-refractivity contribution < 1.29 is 55.5 Å². The maximum Gasteiger partial charge on any atom is 1.00 e. The molecule has 0 aliphatic rings. The van der Waals surface area contributed by atoms with Gasteiger partial charge in [-0.1, -0.05) is 44.0 Å². The van der Waals surface area contributed by atoms with Gasteiger partial charge in [-0.25, -0.2) is 4.79 Å². The van der Waals surface area contributed by atoms with E-state index in [1.165, 1.54) is 0 Å². The van der Waals surface area contributed by atoms with Gasteiger partial charge >= 0.3 is 35.5 Å². The largest absolute Gasteiger partial charge is 1.00 e. The summed E-state index contributed by atoms with van der Waals surface area (Å²) in [5.74, 6) is -1.42. The summed E-state index contributed by atoms with van der Waals surface area (Å²) in [5.41, 5.74) is 1.07. The Balaban J connectivity index is -0.000000412. The third-order valence-electron chi connectivity index (χ3n) is 2.99. The average molecular weight is 509 g/mol. The predicted octanol–water partition coefficient (Wildman–Crippen LogP) is 0.405. The minimum atomic E-state index is -0.810. The van der Waals surface area contributed by atoms with Gasteiger partial charge in [-0.2, -0.15) is 0 Å². The molecule has 0 heterocycles. The molecule has 2 rings (SSSR count). The van der Waals surface area contributed by atoms with E-state index in [2.05, 4.69) is 36.6 Å². The van der Waals surface area contributed by atoms with Crippen LogP contribution in [0.25, 0.3) is 0 Å². The zero-order chi connectivity index (χ0) is 18.8. The number of carbonyl (C=O) groups excluding carboxylic acids is 2. The maximum atomic E-state index is 11.4. The minimum Gasteiger partial charge on any atom is -1.00 e. The number of hydrogen-bond acceptors (Lipinski definition) is 5. The summed E-state index contributed by atoms with van der Waals surface area (Å²) in [5, 5.41) is 17.8. The summed E-state index contributed by atoms with van der Waals surface area (Å²) < 4.78 is 6.41. The third kappa shape index (κ3) is 10.6. The second kappa shape index (κ2) is 15.4. The van der Waals surface area contributed by atoms with E-state index >= 15 is 0 Å².